The third-order valence-corrected chi connectivity index (χ3v) is 9.34. The van der Waals surface area contributed by atoms with E-state index in [1.165, 1.54) is 0 Å². The number of pyridine rings is 2. The number of hydrogen-bond donors (Lipinski definition) is 2. The molecule has 0 amide bonds. The van der Waals surface area contributed by atoms with E-state index < -0.39 is 0 Å². The van der Waals surface area contributed by atoms with Crippen LogP contribution in [0.4, 0.5) is 0 Å². The Kier molecular flexibility index (Phi) is 4.33. The Hall–Kier alpha value is -4.26. The fourth-order valence-corrected chi connectivity index (χ4v) is 7.51. The average Bonchev–Trinajstić information content (AvgIpc) is 2.97. The molecule has 2 N–H and O–H groups in total. The van der Waals surface area contributed by atoms with Gasteiger partial charge in [0.1, 0.15) is 0 Å². The van der Waals surface area contributed by atoms with Crippen molar-refractivity contribution in [1.82, 2.24) is 9.97 Å². The van der Waals surface area contributed by atoms with E-state index in [4.69, 9.17) is 0 Å². The predicted octanol–water partition coefficient (Wildman–Crippen LogP) is 9.25. The molecule has 0 atom stereocenters. The number of aromatic amines is 2. The molecule has 7 aromatic carbocycles. The molecule has 0 fully saturated rings. The van der Waals surface area contributed by atoms with Gasteiger partial charge >= 0.3 is 0 Å². The molecule has 0 unspecified atom stereocenters. The van der Waals surface area contributed by atoms with Crippen LogP contribution >= 0.6 is 31.9 Å². The predicted molar refractivity (Wildman–Crippen MR) is 174 cm³/mol. The quantitative estimate of drug-likeness (QED) is 0.128. The Morgan fingerprint density at radius 3 is 1.25 bits per heavy atom. The molecule has 0 saturated carbocycles. The number of H-pyrrole nitrogens is 2. The minimum Gasteiger partial charge on any atom is -0.354 e. The van der Waals surface area contributed by atoms with E-state index in [1.54, 1.807) is 0 Å². The number of hydrogen-bond acceptors (Lipinski definition) is 2. The Morgan fingerprint density at radius 2 is 0.825 bits per heavy atom. The second kappa shape index (κ2) is 7.68. The zero-order valence-corrected chi connectivity index (χ0v) is 23.8. The van der Waals surface area contributed by atoms with Crippen LogP contribution < -0.4 is 10.9 Å². The Bertz CT molecular complexity index is 2530. The number of benzene rings is 7. The van der Waals surface area contributed by atoms with Gasteiger partial charge in [0.2, 0.25) is 0 Å². The third-order valence-electron chi connectivity index (χ3n) is 8.36. The van der Waals surface area contributed by atoms with Gasteiger partial charge in [0, 0.05) is 63.1 Å². The van der Waals surface area contributed by atoms with Crippen molar-refractivity contribution in [1.29, 1.82) is 0 Å². The van der Waals surface area contributed by atoms with Gasteiger partial charge in [-0.3, -0.25) is 9.59 Å². The highest BCUT2D eigenvalue weighted by molar-refractivity contribution is 9.10. The highest BCUT2D eigenvalue weighted by Crippen LogP contribution is 2.45. The Morgan fingerprint density at radius 1 is 0.425 bits per heavy atom. The van der Waals surface area contributed by atoms with Crippen molar-refractivity contribution in [2.75, 3.05) is 0 Å². The summed E-state index contributed by atoms with van der Waals surface area (Å²) in [6.45, 7) is 0. The second-order valence-electron chi connectivity index (χ2n) is 10.4. The second-order valence-corrected chi connectivity index (χ2v) is 12.2. The summed E-state index contributed by atoms with van der Waals surface area (Å²) in [5.74, 6) is 0. The molecule has 0 spiro atoms. The fourth-order valence-electron chi connectivity index (χ4n) is 6.78. The van der Waals surface area contributed by atoms with Crippen molar-refractivity contribution < 1.29 is 0 Å². The molecule has 0 bridgehead atoms. The SMILES string of the molecule is O=c1c2ccccc2c2c3cc(Br)ccc3[nH]c3c4c(=O)c5ccccc5c5c6cc(Br)ccc6[nH]c(c1c32)c45. The zero-order chi connectivity index (χ0) is 26.9. The lowest BCUT2D eigenvalue weighted by molar-refractivity contribution is 1.50. The van der Waals surface area contributed by atoms with Crippen LogP contribution in [0.2, 0.25) is 0 Å². The summed E-state index contributed by atoms with van der Waals surface area (Å²) in [7, 11) is 0. The van der Waals surface area contributed by atoms with E-state index in [-0.39, 0.29) is 10.9 Å². The van der Waals surface area contributed by atoms with Crippen molar-refractivity contribution in [2.24, 2.45) is 0 Å². The normalized spacial score (nSPS) is 12.4. The molecule has 40 heavy (non-hydrogen) atoms. The van der Waals surface area contributed by atoms with Crippen LogP contribution in [-0.2, 0) is 0 Å². The molecule has 9 aromatic rings. The highest BCUT2D eigenvalue weighted by Gasteiger charge is 2.25. The van der Waals surface area contributed by atoms with Crippen molar-refractivity contribution >= 4 is 119 Å². The fraction of sp³-hybridized carbons (Fsp3) is 0. The zero-order valence-electron chi connectivity index (χ0n) is 20.7. The van der Waals surface area contributed by atoms with Crippen molar-refractivity contribution in [2.45, 2.75) is 0 Å². The van der Waals surface area contributed by atoms with E-state index in [9.17, 15) is 9.59 Å². The Labute approximate surface area is 241 Å². The van der Waals surface area contributed by atoms with Crippen LogP contribution in [0.3, 0.4) is 0 Å². The molecule has 188 valence electrons. The van der Waals surface area contributed by atoms with Crippen LogP contribution in [0.15, 0.2) is 103 Å². The average molecular weight is 644 g/mol. The summed E-state index contributed by atoms with van der Waals surface area (Å²) < 4.78 is 1.88. The molecule has 0 saturated heterocycles. The number of halogens is 2. The molecular formula is C34H16Br2N2O2. The van der Waals surface area contributed by atoms with Crippen molar-refractivity contribution in [3.8, 4) is 0 Å². The molecule has 6 heteroatoms. The maximum atomic E-state index is 14.4. The lowest BCUT2D eigenvalue weighted by Crippen LogP contribution is -2.11. The van der Waals surface area contributed by atoms with Crippen LogP contribution in [0.5, 0.6) is 0 Å². The Balaban J connectivity index is 1.79. The topological polar surface area (TPSA) is 65.7 Å². The van der Waals surface area contributed by atoms with Gasteiger partial charge in [-0.2, -0.15) is 0 Å². The number of nitrogens with one attached hydrogen (secondary N) is 2. The molecule has 0 radical (unpaired) electrons. The largest absolute Gasteiger partial charge is 0.354 e. The van der Waals surface area contributed by atoms with E-state index in [1.807, 2.05) is 72.8 Å². The summed E-state index contributed by atoms with van der Waals surface area (Å²) >= 11 is 7.30. The first-order chi connectivity index (χ1) is 19.5. The third kappa shape index (κ3) is 2.70. The maximum absolute atomic E-state index is 14.4. The minimum absolute atomic E-state index is 0.0487. The molecule has 9 rings (SSSR count). The van der Waals surface area contributed by atoms with Gasteiger partial charge < -0.3 is 9.97 Å². The standard InChI is InChI=1S/C34H16Br2N2O2/c35-15-9-11-23-21(13-15)25-17-5-1-3-7-19(17)33(39)29-27(25)31(37-23)30-28-26(18-6-2-4-8-20(18)34(30)40)22-14-16(36)10-12-24(22)38-32(28)29/h1-14,37-38H. The first kappa shape index (κ1) is 22.5. The van der Waals surface area contributed by atoms with Crippen LogP contribution in [0.25, 0.3) is 86.7 Å². The maximum Gasteiger partial charge on any atom is 0.196 e. The van der Waals surface area contributed by atoms with E-state index in [0.29, 0.717) is 32.6 Å². The van der Waals surface area contributed by atoms with Gasteiger partial charge in [0.05, 0.1) is 21.8 Å². The van der Waals surface area contributed by atoms with Crippen molar-refractivity contribution in [3.63, 3.8) is 0 Å². The van der Waals surface area contributed by atoms with Gasteiger partial charge in [-0.25, -0.2) is 0 Å². The molecule has 0 aliphatic carbocycles. The summed E-state index contributed by atoms with van der Waals surface area (Å²) in [6, 6.07) is 27.8. The molecular weight excluding hydrogens is 628 g/mol. The van der Waals surface area contributed by atoms with Gasteiger partial charge in [-0.1, -0.05) is 80.4 Å². The molecule has 0 aliphatic heterocycles. The van der Waals surface area contributed by atoms with Gasteiger partial charge in [0.15, 0.2) is 10.9 Å². The summed E-state index contributed by atoms with van der Waals surface area (Å²) in [5.41, 5.74) is 3.09. The van der Waals surface area contributed by atoms with Crippen LogP contribution in [0, 0.1) is 0 Å². The molecule has 0 aliphatic rings. The number of aromatic nitrogens is 2. The number of rotatable bonds is 0. The van der Waals surface area contributed by atoms with E-state index >= 15 is 0 Å². The van der Waals surface area contributed by atoms with Crippen molar-refractivity contribution in [3.05, 3.63) is 114 Å². The van der Waals surface area contributed by atoms with Gasteiger partial charge in [0.25, 0.3) is 0 Å². The highest BCUT2D eigenvalue weighted by atomic mass is 79.9. The van der Waals surface area contributed by atoms with E-state index in [2.05, 4.69) is 54.0 Å². The monoisotopic (exact) mass is 642 g/mol. The first-order valence-electron chi connectivity index (χ1n) is 12.9. The smallest absolute Gasteiger partial charge is 0.196 e. The van der Waals surface area contributed by atoms with Crippen LogP contribution in [-0.4, -0.2) is 9.97 Å². The summed E-state index contributed by atoms with van der Waals surface area (Å²) in [4.78, 5) is 36.1. The number of fused-ring (bicyclic) bond motifs is 10. The summed E-state index contributed by atoms with van der Waals surface area (Å²) in [5, 5.41) is 9.73. The molecule has 2 heterocycles. The van der Waals surface area contributed by atoms with Crippen LogP contribution in [0.1, 0.15) is 0 Å². The summed E-state index contributed by atoms with van der Waals surface area (Å²) in [6.07, 6.45) is 0. The first-order valence-corrected chi connectivity index (χ1v) is 14.5. The molecule has 4 nitrogen and oxygen atoms in total. The lowest BCUT2D eigenvalue weighted by atomic mass is 9.87. The van der Waals surface area contributed by atoms with E-state index in [0.717, 1.165) is 63.1 Å². The minimum atomic E-state index is -0.0487. The molecule has 2 aromatic heterocycles. The van der Waals surface area contributed by atoms with Gasteiger partial charge in [-0.15, -0.1) is 0 Å². The van der Waals surface area contributed by atoms with Gasteiger partial charge in [-0.05, 0) is 47.2 Å². The lowest BCUT2D eigenvalue weighted by Gasteiger charge is -2.19.